The van der Waals surface area contributed by atoms with Crippen molar-refractivity contribution in [2.75, 3.05) is 20.8 Å². The lowest BCUT2D eigenvalue weighted by atomic mass is 9.43. The van der Waals surface area contributed by atoms with Gasteiger partial charge in [0, 0.05) is 43.5 Å². The Labute approximate surface area is 375 Å². The molecule has 0 aromatic heterocycles. The summed E-state index contributed by atoms with van der Waals surface area (Å²) in [5.74, 6) is -0.964. The van der Waals surface area contributed by atoms with E-state index in [0.717, 1.165) is 25.7 Å². The number of aliphatic hydroxyl groups excluding tert-OH is 6. The Morgan fingerprint density at radius 1 is 0.750 bits per heavy atom. The maximum absolute atomic E-state index is 13.5. The number of hydrogen-bond acceptors (Lipinski definition) is 18. The van der Waals surface area contributed by atoms with Crippen molar-refractivity contribution >= 4 is 11.8 Å². The summed E-state index contributed by atoms with van der Waals surface area (Å²) in [5.41, 5.74) is -2.07. The fourth-order valence-electron chi connectivity index (χ4n) is 13.8. The van der Waals surface area contributed by atoms with Crippen molar-refractivity contribution in [3.63, 3.8) is 0 Å². The first-order valence-electron chi connectivity index (χ1n) is 23.3. The van der Waals surface area contributed by atoms with Crippen LogP contribution in [0.25, 0.3) is 0 Å². The zero-order valence-corrected chi connectivity index (χ0v) is 38.6. The van der Waals surface area contributed by atoms with Crippen LogP contribution in [0.3, 0.4) is 0 Å². The fourth-order valence-corrected chi connectivity index (χ4v) is 13.8. The summed E-state index contributed by atoms with van der Waals surface area (Å²) in [4.78, 5) is 26.6. The lowest BCUT2D eigenvalue weighted by Crippen LogP contribution is -2.70. The summed E-state index contributed by atoms with van der Waals surface area (Å²) >= 11 is 0. The van der Waals surface area contributed by atoms with Crippen molar-refractivity contribution in [2.45, 2.75) is 215 Å². The molecule has 4 aliphatic carbocycles. The van der Waals surface area contributed by atoms with Crippen LogP contribution in [0, 0.1) is 28.6 Å². The van der Waals surface area contributed by atoms with Gasteiger partial charge in [-0.25, -0.2) is 4.79 Å². The molecule has 364 valence electrons. The topological polar surface area (TPSA) is 251 Å². The number of rotatable bonds is 12. The molecule has 8 aliphatic rings. The zero-order chi connectivity index (χ0) is 46.4. The first-order valence-corrected chi connectivity index (χ1v) is 23.3. The molecule has 4 saturated carbocycles. The maximum atomic E-state index is 13.5. The molecule has 64 heavy (non-hydrogen) atoms. The highest BCUT2D eigenvalue weighted by Crippen LogP contribution is 2.81. The van der Waals surface area contributed by atoms with E-state index in [9.17, 15) is 40.2 Å². The lowest BCUT2D eigenvalue weighted by molar-refractivity contribution is -0.371. The fraction of sp³-hybridized carbons (Fsp3) is 0.913. The molecular formula is C46H72O18. The normalized spacial score (nSPS) is 53.6. The Morgan fingerprint density at radius 3 is 2.09 bits per heavy atom. The average molecular weight is 913 g/mol. The van der Waals surface area contributed by atoms with E-state index in [2.05, 4.69) is 6.92 Å². The Kier molecular flexibility index (Phi) is 13.7. The van der Waals surface area contributed by atoms with E-state index in [1.54, 1.807) is 40.9 Å². The van der Waals surface area contributed by atoms with Crippen LogP contribution in [0.1, 0.15) is 99.8 Å². The van der Waals surface area contributed by atoms with Gasteiger partial charge in [0.15, 0.2) is 18.9 Å². The van der Waals surface area contributed by atoms with Crippen LogP contribution in [0.2, 0.25) is 0 Å². The standard InChI is InChI=1S/C46H72O18/c1-10-20(2)40(54)61-37-38-43(6)14-12-25(17-24(43)11-15-45(38)46(64-45)16-13-26(21(3)48)44(46,7)39(37)53)59-29-18-27(55-8)34(22(4)57-29)62-42-33(52)36(56-9)35(23(5)58-42)63-41-32(51)31(50)30(49)28(19-47)60-41/h10,22-39,41-42,47,49-53H,11-19H2,1-9H3/b20-10-/t22-,23-,24+,25+,26-,27-,28-,29+,30-,31+,32-,33-,34-,35-,36+,37+,38-,39-,41+,42+,43+,44+,45+,46-/m1/s1. The first kappa shape index (κ1) is 48.7. The summed E-state index contributed by atoms with van der Waals surface area (Å²) in [6.07, 6.45) is -10.4. The van der Waals surface area contributed by atoms with Crippen LogP contribution < -0.4 is 0 Å². The van der Waals surface area contributed by atoms with E-state index in [1.165, 1.54) is 7.11 Å². The van der Waals surface area contributed by atoms with Crippen molar-refractivity contribution < 1.29 is 87.6 Å². The summed E-state index contributed by atoms with van der Waals surface area (Å²) in [5, 5.41) is 64.6. The molecule has 24 atom stereocenters. The minimum atomic E-state index is -1.66. The summed E-state index contributed by atoms with van der Waals surface area (Å²) in [7, 11) is 2.95. The summed E-state index contributed by atoms with van der Waals surface area (Å²) < 4.78 is 62.2. The molecule has 8 fully saturated rings. The number of allylic oxidation sites excluding steroid dienone is 1. The van der Waals surface area contributed by atoms with Gasteiger partial charge >= 0.3 is 5.97 Å². The van der Waals surface area contributed by atoms with Gasteiger partial charge in [0.2, 0.25) is 0 Å². The van der Waals surface area contributed by atoms with E-state index >= 15 is 0 Å². The average Bonchev–Trinajstić information content (AvgIpc) is 3.81. The molecule has 0 radical (unpaired) electrons. The summed E-state index contributed by atoms with van der Waals surface area (Å²) in [6.45, 7) is 12.2. The third kappa shape index (κ3) is 7.48. The number of hydrogen-bond donors (Lipinski definition) is 6. The van der Waals surface area contributed by atoms with Gasteiger partial charge in [-0.1, -0.05) is 19.9 Å². The van der Waals surface area contributed by atoms with Gasteiger partial charge in [-0.05, 0) is 90.9 Å². The van der Waals surface area contributed by atoms with Crippen molar-refractivity contribution in [1.82, 2.24) is 0 Å². The number of carbonyl (C=O) groups is 2. The molecule has 0 unspecified atom stereocenters. The monoisotopic (exact) mass is 912 g/mol. The molecule has 0 amide bonds. The molecule has 8 rings (SSSR count). The van der Waals surface area contributed by atoms with Crippen LogP contribution in [-0.2, 0) is 57.0 Å². The van der Waals surface area contributed by atoms with E-state index in [-0.39, 0.29) is 29.1 Å². The van der Waals surface area contributed by atoms with Crippen LogP contribution >= 0.6 is 0 Å². The van der Waals surface area contributed by atoms with Gasteiger partial charge in [-0.2, -0.15) is 0 Å². The minimum absolute atomic E-state index is 0.0215. The van der Waals surface area contributed by atoms with Crippen LogP contribution in [0.15, 0.2) is 11.6 Å². The number of methoxy groups -OCH3 is 2. The van der Waals surface area contributed by atoms with Crippen LogP contribution in [-0.4, -0.2) is 179 Å². The molecule has 0 aromatic carbocycles. The van der Waals surface area contributed by atoms with Crippen LogP contribution in [0.5, 0.6) is 0 Å². The lowest BCUT2D eigenvalue weighted by Gasteiger charge is -2.61. The second kappa shape index (κ2) is 18.0. The number of fused-ring (bicyclic) bond motifs is 2. The summed E-state index contributed by atoms with van der Waals surface area (Å²) in [6, 6.07) is 0. The molecule has 4 saturated heterocycles. The largest absolute Gasteiger partial charge is 0.456 e. The SMILES string of the molecule is C/C=C(/C)C(=O)O[C@@H]1[C@@H](O)[C@]2(C)[C@@H](C(C)=O)CC[C@@]23O[C@]32CC[C@H]3C[C@@H](O[C@H]4C[C@@H](OC)[C@H](O[C@@H]5O[C@H](C)[C@@H](O[C@@H]6O[C@H](CO)[C@@H](O)[C@H](O)[C@H]6O)[C@@H](OC)[C@H]5O)[C@@H](C)O4)CC[C@]3(C)[C@@H]12. The van der Waals surface area contributed by atoms with E-state index in [4.69, 9.17) is 47.4 Å². The van der Waals surface area contributed by atoms with Crippen molar-refractivity contribution in [3.8, 4) is 0 Å². The Balaban J connectivity index is 0.920. The Bertz CT molecular complexity index is 1750. The second-order valence-corrected chi connectivity index (χ2v) is 20.4. The number of aliphatic hydroxyl groups is 6. The molecular weight excluding hydrogens is 840 g/mol. The van der Waals surface area contributed by atoms with E-state index in [1.807, 2.05) is 13.8 Å². The van der Waals surface area contributed by atoms with Crippen molar-refractivity contribution in [1.29, 1.82) is 0 Å². The highest BCUT2D eigenvalue weighted by Gasteiger charge is 2.91. The molecule has 4 heterocycles. The molecule has 0 aromatic rings. The Morgan fingerprint density at radius 2 is 1.44 bits per heavy atom. The van der Waals surface area contributed by atoms with Gasteiger partial charge in [0.1, 0.15) is 78.0 Å². The number of ether oxygens (including phenoxy) is 10. The molecule has 2 spiro atoms. The smallest absolute Gasteiger partial charge is 0.333 e. The minimum Gasteiger partial charge on any atom is -0.456 e. The van der Waals surface area contributed by atoms with Crippen molar-refractivity contribution in [2.24, 2.45) is 28.6 Å². The Hall–Kier alpha value is -1.72. The van der Waals surface area contributed by atoms with Gasteiger partial charge in [-0.3, -0.25) is 4.79 Å². The molecule has 6 N–H and O–H groups in total. The highest BCUT2D eigenvalue weighted by atomic mass is 16.8. The van der Waals surface area contributed by atoms with Gasteiger partial charge in [0.05, 0.1) is 31.0 Å². The maximum Gasteiger partial charge on any atom is 0.333 e. The van der Waals surface area contributed by atoms with Crippen LogP contribution in [0.4, 0.5) is 0 Å². The number of Topliss-reactive ketones (excluding diaryl/α,β-unsaturated/α-hetero) is 1. The number of esters is 1. The predicted octanol–water partition coefficient (Wildman–Crippen LogP) is 1.19. The number of ketones is 1. The van der Waals surface area contributed by atoms with Gasteiger partial charge < -0.3 is 78.0 Å². The quantitative estimate of drug-likeness (QED) is 0.0697. The molecule has 0 bridgehead atoms. The number of carbonyl (C=O) groups excluding carboxylic acids is 2. The number of epoxide rings is 1. The van der Waals surface area contributed by atoms with E-state index in [0.29, 0.717) is 31.3 Å². The van der Waals surface area contributed by atoms with Gasteiger partial charge in [0.25, 0.3) is 0 Å². The molecule has 18 nitrogen and oxygen atoms in total. The second-order valence-electron chi connectivity index (χ2n) is 20.4. The predicted molar refractivity (Wildman–Crippen MR) is 221 cm³/mol. The third-order valence-corrected chi connectivity index (χ3v) is 17.4. The molecule has 4 aliphatic heterocycles. The van der Waals surface area contributed by atoms with Crippen molar-refractivity contribution in [3.05, 3.63) is 11.6 Å². The first-order chi connectivity index (χ1) is 30.3. The van der Waals surface area contributed by atoms with E-state index < -0.39 is 133 Å². The highest BCUT2D eigenvalue weighted by molar-refractivity contribution is 5.88. The molecule has 18 heteroatoms. The third-order valence-electron chi connectivity index (χ3n) is 17.4. The zero-order valence-electron chi connectivity index (χ0n) is 38.6. The van der Waals surface area contributed by atoms with Gasteiger partial charge in [-0.15, -0.1) is 0 Å².